The van der Waals surface area contributed by atoms with Crippen molar-refractivity contribution >= 4 is 18.0 Å². The Balaban J connectivity index is 1.99. The van der Waals surface area contributed by atoms with Crippen LogP contribution >= 0.6 is 0 Å². The van der Waals surface area contributed by atoms with Gasteiger partial charge in [-0.15, -0.1) is 0 Å². The molecule has 1 aliphatic heterocycles. The SMILES string of the molecule is O=C(O)C1CCCN(C(=O)C=Cc2cccc(F)c2)C1. The molecule has 2 rings (SSSR count). The van der Waals surface area contributed by atoms with Crippen LogP contribution in [0.5, 0.6) is 0 Å². The highest BCUT2D eigenvalue weighted by atomic mass is 19.1. The van der Waals surface area contributed by atoms with Crippen LogP contribution in [-0.2, 0) is 9.59 Å². The third-order valence-electron chi connectivity index (χ3n) is 3.35. The molecule has 0 radical (unpaired) electrons. The zero-order valence-corrected chi connectivity index (χ0v) is 11.0. The van der Waals surface area contributed by atoms with Crippen LogP contribution in [0, 0.1) is 11.7 Å². The molecule has 106 valence electrons. The molecule has 1 unspecified atom stereocenters. The van der Waals surface area contributed by atoms with E-state index in [4.69, 9.17) is 5.11 Å². The lowest BCUT2D eigenvalue weighted by atomic mass is 9.98. The molecule has 4 nitrogen and oxygen atoms in total. The van der Waals surface area contributed by atoms with Gasteiger partial charge in [0.1, 0.15) is 5.82 Å². The van der Waals surface area contributed by atoms with Gasteiger partial charge in [-0.25, -0.2) is 4.39 Å². The number of hydrogen-bond acceptors (Lipinski definition) is 2. The van der Waals surface area contributed by atoms with Crippen molar-refractivity contribution in [3.05, 3.63) is 41.7 Å². The van der Waals surface area contributed by atoms with Crippen molar-refractivity contribution in [1.82, 2.24) is 4.90 Å². The van der Waals surface area contributed by atoms with Crippen molar-refractivity contribution < 1.29 is 19.1 Å². The number of carbonyl (C=O) groups is 2. The molecule has 1 saturated heterocycles. The fourth-order valence-electron chi connectivity index (χ4n) is 2.26. The number of nitrogens with zero attached hydrogens (tertiary/aromatic N) is 1. The second-order valence-electron chi connectivity index (χ2n) is 4.85. The van der Waals surface area contributed by atoms with E-state index in [1.165, 1.54) is 29.2 Å². The number of hydrogen-bond donors (Lipinski definition) is 1. The maximum absolute atomic E-state index is 13.0. The Morgan fingerprint density at radius 1 is 1.40 bits per heavy atom. The number of halogens is 1. The summed E-state index contributed by atoms with van der Waals surface area (Å²) in [5.74, 6) is -1.95. The third kappa shape index (κ3) is 3.66. The molecular formula is C15H16FNO3. The molecule has 0 spiro atoms. The van der Waals surface area contributed by atoms with E-state index in [0.29, 0.717) is 24.9 Å². The van der Waals surface area contributed by atoms with Crippen molar-refractivity contribution in [2.24, 2.45) is 5.92 Å². The normalized spacial score (nSPS) is 19.2. The fourth-order valence-corrected chi connectivity index (χ4v) is 2.26. The number of rotatable bonds is 3. The van der Waals surface area contributed by atoms with Crippen molar-refractivity contribution in [2.75, 3.05) is 13.1 Å². The van der Waals surface area contributed by atoms with E-state index in [-0.39, 0.29) is 18.3 Å². The lowest BCUT2D eigenvalue weighted by Gasteiger charge is -2.29. The van der Waals surface area contributed by atoms with Crippen LogP contribution in [0.1, 0.15) is 18.4 Å². The molecule has 1 atom stereocenters. The molecule has 1 N–H and O–H groups in total. The summed E-state index contributed by atoms with van der Waals surface area (Å²) < 4.78 is 13.0. The summed E-state index contributed by atoms with van der Waals surface area (Å²) >= 11 is 0. The van der Waals surface area contributed by atoms with Gasteiger partial charge in [-0.05, 0) is 36.6 Å². The third-order valence-corrected chi connectivity index (χ3v) is 3.35. The monoisotopic (exact) mass is 277 g/mol. The molecule has 20 heavy (non-hydrogen) atoms. The Hall–Kier alpha value is -2.17. The van der Waals surface area contributed by atoms with Gasteiger partial charge in [-0.1, -0.05) is 12.1 Å². The highest BCUT2D eigenvalue weighted by Gasteiger charge is 2.26. The van der Waals surface area contributed by atoms with Crippen LogP contribution < -0.4 is 0 Å². The molecule has 1 aromatic carbocycles. The van der Waals surface area contributed by atoms with Crippen LogP contribution in [0.3, 0.4) is 0 Å². The Bertz CT molecular complexity index is 542. The summed E-state index contributed by atoms with van der Waals surface area (Å²) in [6, 6.07) is 5.94. The number of aliphatic carboxylic acids is 1. The van der Waals surface area contributed by atoms with E-state index in [9.17, 15) is 14.0 Å². The molecule has 0 aromatic heterocycles. The van der Waals surface area contributed by atoms with Gasteiger partial charge >= 0.3 is 5.97 Å². The zero-order valence-electron chi connectivity index (χ0n) is 11.0. The largest absolute Gasteiger partial charge is 0.481 e. The van der Waals surface area contributed by atoms with E-state index < -0.39 is 11.9 Å². The van der Waals surface area contributed by atoms with Gasteiger partial charge in [-0.3, -0.25) is 9.59 Å². The van der Waals surface area contributed by atoms with E-state index >= 15 is 0 Å². The average molecular weight is 277 g/mol. The van der Waals surface area contributed by atoms with Crippen molar-refractivity contribution in [2.45, 2.75) is 12.8 Å². The molecule has 0 aliphatic carbocycles. The van der Waals surface area contributed by atoms with E-state index in [1.807, 2.05) is 0 Å². The van der Waals surface area contributed by atoms with Crippen LogP contribution in [-0.4, -0.2) is 35.0 Å². The number of likely N-dealkylation sites (tertiary alicyclic amines) is 1. The first-order valence-electron chi connectivity index (χ1n) is 6.51. The average Bonchev–Trinajstić information content (AvgIpc) is 2.45. The van der Waals surface area contributed by atoms with Crippen molar-refractivity contribution in [3.8, 4) is 0 Å². The van der Waals surface area contributed by atoms with Gasteiger partial charge < -0.3 is 10.0 Å². The number of carboxylic acid groups (broad SMARTS) is 1. The Morgan fingerprint density at radius 2 is 2.20 bits per heavy atom. The number of amides is 1. The van der Waals surface area contributed by atoms with Crippen molar-refractivity contribution in [1.29, 1.82) is 0 Å². The van der Waals surface area contributed by atoms with E-state index in [2.05, 4.69) is 0 Å². The molecule has 1 fully saturated rings. The molecule has 0 saturated carbocycles. The van der Waals surface area contributed by atoms with Gasteiger partial charge in [0, 0.05) is 19.2 Å². The van der Waals surface area contributed by atoms with E-state index in [0.717, 1.165) is 0 Å². The topological polar surface area (TPSA) is 57.6 Å². The predicted octanol–water partition coefficient (Wildman–Crippen LogP) is 2.16. The predicted molar refractivity (Wildman–Crippen MR) is 72.4 cm³/mol. The quantitative estimate of drug-likeness (QED) is 0.861. The zero-order chi connectivity index (χ0) is 14.5. The number of carboxylic acids is 1. The molecule has 1 amide bonds. The minimum Gasteiger partial charge on any atom is -0.481 e. The molecule has 1 aromatic rings. The second kappa shape index (κ2) is 6.32. The van der Waals surface area contributed by atoms with Crippen LogP contribution in [0.25, 0.3) is 6.08 Å². The first-order chi connectivity index (χ1) is 9.56. The standard InChI is InChI=1S/C15H16FNO3/c16-13-5-1-3-11(9-13)6-7-14(18)17-8-2-4-12(10-17)15(19)20/h1,3,5-7,9,12H,2,4,8,10H2,(H,19,20). The highest BCUT2D eigenvalue weighted by Crippen LogP contribution is 2.17. The molecule has 1 heterocycles. The van der Waals surface area contributed by atoms with Gasteiger partial charge in [0.25, 0.3) is 0 Å². The number of piperidine rings is 1. The molecule has 5 heteroatoms. The Morgan fingerprint density at radius 3 is 2.90 bits per heavy atom. The lowest BCUT2D eigenvalue weighted by molar-refractivity contribution is -0.144. The second-order valence-corrected chi connectivity index (χ2v) is 4.85. The summed E-state index contributed by atoms with van der Waals surface area (Å²) in [6.45, 7) is 0.803. The fraction of sp³-hybridized carbons (Fsp3) is 0.333. The summed E-state index contributed by atoms with van der Waals surface area (Å²) in [6.07, 6.45) is 4.19. The highest BCUT2D eigenvalue weighted by molar-refractivity contribution is 5.92. The maximum Gasteiger partial charge on any atom is 0.308 e. The van der Waals surface area contributed by atoms with Crippen LogP contribution in [0.4, 0.5) is 4.39 Å². The summed E-state index contributed by atoms with van der Waals surface area (Å²) in [5.41, 5.74) is 0.602. The minimum atomic E-state index is -0.864. The number of carbonyl (C=O) groups excluding carboxylic acids is 1. The maximum atomic E-state index is 13.0. The van der Waals surface area contributed by atoms with Crippen LogP contribution in [0.15, 0.2) is 30.3 Å². The van der Waals surface area contributed by atoms with Gasteiger partial charge in [0.15, 0.2) is 0 Å². The number of benzene rings is 1. The van der Waals surface area contributed by atoms with Crippen LogP contribution in [0.2, 0.25) is 0 Å². The smallest absolute Gasteiger partial charge is 0.308 e. The van der Waals surface area contributed by atoms with Gasteiger partial charge in [0.2, 0.25) is 5.91 Å². The van der Waals surface area contributed by atoms with Crippen molar-refractivity contribution in [3.63, 3.8) is 0 Å². The lowest BCUT2D eigenvalue weighted by Crippen LogP contribution is -2.41. The Kier molecular flexibility index (Phi) is 4.50. The minimum absolute atomic E-state index is 0.236. The summed E-state index contributed by atoms with van der Waals surface area (Å²) in [7, 11) is 0. The van der Waals surface area contributed by atoms with Gasteiger partial charge in [0.05, 0.1) is 5.92 Å². The van der Waals surface area contributed by atoms with Gasteiger partial charge in [-0.2, -0.15) is 0 Å². The first-order valence-corrected chi connectivity index (χ1v) is 6.51. The summed E-state index contributed by atoms with van der Waals surface area (Å²) in [4.78, 5) is 24.4. The molecule has 1 aliphatic rings. The molecule has 0 bridgehead atoms. The summed E-state index contributed by atoms with van der Waals surface area (Å²) in [5, 5.41) is 8.98. The Labute approximate surface area is 116 Å². The molecular weight excluding hydrogens is 261 g/mol. The van der Waals surface area contributed by atoms with E-state index in [1.54, 1.807) is 12.1 Å². The first kappa shape index (κ1) is 14.2.